The highest BCUT2D eigenvalue weighted by molar-refractivity contribution is 5.79. The third kappa shape index (κ3) is 6.75. The number of fused-ring (bicyclic) bond motifs is 10. The second-order valence-corrected chi connectivity index (χ2v) is 9.71. The molecule has 1 aromatic heterocycles. The second kappa shape index (κ2) is 11.6. The lowest BCUT2D eigenvalue weighted by atomic mass is 10.1. The molecule has 1 fully saturated rings. The third-order valence-corrected chi connectivity index (χ3v) is 6.83. The number of benzene rings is 2. The number of carbonyl (C=O) groups is 2. The average Bonchev–Trinajstić information content (AvgIpc) is 3.47. The van der Waals surface area contributed by atoms with Crippen molar-refractivity contribution >= 4 is 11.8 Å². The van der Waals surface area contributed by atoms with Crippen LogP contribution in [0.3, 0.4) is 0 Å². The number of carbonyl (C=O) groups excluding carboxylic acids is 2. The minimum absolute atomic E-state index is 0.0659. The van der Waals surface area contributed by atoms with Crippen molar-refractivity contribution in [2.75, 3.05) is 19.6 Å². The lowest BCUT2D eigenvalue weighted by Crippen LogP contribution is -2.44. The molecule has 3 aliphatic heterocycles. The van der Waals surface area contributed by atoms with Crippen molar-refractivity contribution in [1.29, 1.82) is 0 Å². The molecule has 0 spiro atoms. The molecule has 2 atom stereocenters. The van der Waals surface area contributed by atoms with E-state index in [1.807, 2.05) is 66.3 Å². The number of likely N-dealkylation sites (tertiary alicyclic amines) is 1. The van der Waals surface area contributed by atoms with Gasteiger partial charge in [0.15, 0.2) is 0 Å². The maximum atomic E-state index is 12.7. The van der Waals surface area contributed by atoms with Crippen molar-refractivity contribution in [2.45, 2.75) is 44.6 Å². The molecule has 0 aliphatic carbocycles. The van der Waals surface area contributed by atoms with E-state index >= 15 is 0 Å². The van der Waals surface area contributed by atoms with Gasteiger partial charge in [-0.1, -0.05) is 24.3 Å². The number of nitrogens with one attached hydrogen (secondary N) is 2. The fourth-order valence-corrected chi connectivity index (χ4v) is 4.76. The van der Waals surface area contributed by atoms with Crippen molar-refractivity contribution in [2.24, 2.45) is 7.05 Å². The monoisotopic (exact) mass is 503 g/mol. The molecule has 3 aromatic rings. The van der Waals surface area contributed by atoms with E-state index in [-0.39, 0.29) is 30.4 Å². The van der Waals surface area contributed by atoms with Crippen molar-refractivity contribution in [3.8, 4) is 11.5 Å². The maximum Gasteiger partial charge on any atom is 0.222 e. The normalized spacial score (nSPS) is 21.5. The Bertz CT molecular complexity index is 1230. The molecule has 6 rings (SSSR count). The SMILES string of the molecule is Cn1cncc1CN1C[C@@H]2NC(=O)CCNC(=O)CCc3ccc(cc3)Oc3cccc(c3)CO[C@H]2C1. The van der Waals surface area contributed by atoms with Crippen LogP contribution in [0.4, 0.5) is 0 Å². The van der Waals surface area contributed by atoms with Crippen LogP contribution in [-0.4, -0.2) is 58.0 Å². The van der Waals surface area contributed by atoms with Crippen LogP contribution in [0.15, 0.2) is 61.1 Å². The van der Waals surface area contributed by atoms with E-state index in [1.54, 1.807) is 6.33 Å². The molecule has 1 saturated heterocycles. The Morgan fingerprint density at radius 2 is 1.84 bits per heavy atom. The molecule has 0 radical (unpaired) electrons. The number of hydrogen-bond acceptors (Lipinski definition) is 6. The summed E-state index contributed by atoms with van der Waals surface area (Å²) in [5.74, 6) is 1.31. The van der Waals surface area contributed by atoms with E-state index < -0.39 is 0 Å². The van der Waals surface area contributed by atoms with Gasteiger partial charge in [-0.05, 0) is 41.8 Å². The maximum absolute atomic E-state index is 12.7. The molecule has 4 bridgehead atoms. The fourth-order valence-electron chi connectivity index (χ4n) is 4.76. The van der Waals surface area contributed by atoms with Gasteiger partial charge in [0.2, 0.25) is 11.8 Å². The van der Waals surface area contributed by atoms with Gasteiger partial charge in [-0.15, -0.1) is 0 Å². The Balaban J connectivity index is 1.32. The van der Waals surface area contributed by atoms with Gasteiger partial charge < -0.3 is 24.7 Å². The van der Waals surface area contributed by atoms with Crippen LogP contribution >= 0.6 is 0 Å². The highest BCUT2D eigenvalue weighted by Crippen LogP contribution is 2.24. The zero-order valence-corrected chi connectivity index (χ0v) is 21.1. The number of ether oxygens (including phenoxy) is 2. The summed E-state index contributed by atoms with van der Waals surface area (Å²) in [5, 5.41) is 6.00. The van der Waals surface area contributed by atoms with Gasteiger partial charge in [0, 0.05) is 52.3 Å². The van der Waals surface area contributed by atoms with Crippen molar-refractivity contribution in [1.82, 2.24) is 25.1 Å². The number of aromatic nitrogens is 2. The standard InChI is InChI=1S/C28H33N5O4/c1-32-19-29-14-22(32)15-33-16-25-26(17-33)36-18-21-3-2-4-24(13-21)37-23-8-5-20(6-9-23)7-10-27(34)30-12-11-28(35)31-25/h2-6,8-9,13-14,19,25-26H,7,10-12,15-18H2,1H3,(H,30,34)(H,31,35)/t25-,26-/m0/s1. The van der Waals surface area contributed by atoms with Crippen LogP contribution in [0.2, 0.25) is 0 Å². The predicted molar refractivity (Wildman–Crippen MR) is 138 cm³/mol. The Labute approximate surface area is 216 Å². The van der Waals surface area contributed by atoms with Crippen LogP contribution in [0.5, 0.6) is 11.5 Å². The van der Waals surface area contributed by atoms with Crippen LogP contribution in [-0.2, 0) is 40.9 Å². The molecule has 4 heterocycles. The largest absolute Gasteiger partial charge is 0.457 e. The smallest absolute Gasteiger partial charge is 0.222 e. The summed E-state index contributed by atoms with van der Waals surface area (Å²) >= 11 is 0. The van der Waals surface area contributed by atoms with Gasteiger partial charge in [0.25, 0.3) is 0 Å². The first-order chi connectivity index (χ1) is 18.0. The number of amides is 2. The van der Waals surface area contributed by atoms with E-state index in [0.717, 1.165) is 34.9 Å². The van der Waals surface area contributed by atoms with Crippen molar-refractivity contribution < 1.29 is 19.1 Å². The van der Waals surface area contributed by atoms with Crippen LogP contribution in [0.25, 0.3) is 0 Å². The fraction of sp³-hybridized carbons (Fsp3) is 0.393. The van der Waals surface area contributed by atoms with E-state index in [1.165, 1.54) is 0 Å². The van der Waals surface area contributed by atoms with E-state index in [9.17, 15) is 9.59 Å². The topological polar surface area (TPSA) is 97.7 Å². The summed E-state index contributed by atoms with van der Waals surface area (Å²) in [5.41, 5.74) is 3.16. The molecule has 2 N–H and O–H groups in total. The molecule has 0 saturated carbocycles. The Hall–Kier alpha value is -3.69. The molecular formula is C28H33N5O4. The van der Waals surface area contributed by atoms with Gasteiger partial charge in [-0.25, -0.2) is 4.98 Å². The lowest BCUT2D eigenvalue weighted by molar-refractivity contribution is -0.123. The van der Waals surface area contributed by atoms with Gasteiger partial charge in [-0.2, -0.15) is 0 Å². The van der Waals surface area contributed by atoms with Crippen LogP contribution in [0, 0.1) is 0 Å². The minimum Gasteiger partial charge on any atom is -0.457 e. The minimum atomic E-state index is -0.172. The second-order valence-electron chi connectivity index (χ2n) is 9.71. The number of hydrogen-bond donors (Lipinski definition) is 2. The first-order valence-corrected chi connectivity index (χ1v) is 12.7. The molecular weight excluding hydrogens is 470 g/mol. The zero-order chi connectivity index (χ0) is 25.6. The first-order valence-electron chi connectivity index (χ1n) is 12.7. The summed E-state index contributed by atoms with van der Waals surface area (Å²) in [4.78, 5) is 31.5. The molecule has 2 aromatic carbocycles. The van der Waals surface area contributed by atoms with E-state index in [4.69, 9.17) is 9.47 Å². The highest BCUT2D eigenvalue weighted by Gasteiger charge is 2.35. The van der Waals surface area contributed by atoms with Gasteiger partial charge >= 0.3 is 0 Å². The number of rotatable bonds is 2. The summed E-state index contributed by atoms with van der Waals surface area (Å²) < 4.78 is 14.4. The molecule has 37 heavy (non-hydrogen) atoms. The molecule has 194 valence electrons. The molecule has 0 unspecified atom stereocenters. The number of aryl methyl sites for hydroxylation is 2. The van der Waals surface area contributed by atoms with E-state index in [0.29, 0.717) is 39.1 Å². The average molecular weight is 504 g/mol. The zero-order valence-electron chi connectivity index (χ0n) is 21.1. The van der Waals surface area contributed by atoms with Gasteiger partial charge in [0.1, 0.15) is 11.5 Å². The molecule has 3 aliphatic rings. The number of nitrogens with zero attached hydrogens (tertiary/aromatic N) is 3. The van der Waals surface area contributed by atoms with Gasteiger partial charge in [0.05, 0.1) is 30.8 Å². The Morgan fingerprint density at radius 1 is 0.973 bits per heavy atom. The van der Waals surface area contributed by atoms with Gasteiger partial charge in [-0.3, -0.25) is 14.5 Å². The lowest BCUT2D eigenvalue weighted by Gasteiger charge is -2.21. The summed E-state index contributed by atoms with van der Waals surface area (Å²) in [7, 11) is 1.98. The Morgan fingerprint density at radius 3 is 2.65 bits per heavy atom. The van der Waals surface area contributed by atoms with E-state index in [2.05, 4.69) is 20.5 Å². The van der Waals surface area contributed by atoms with Crippen molar-refractivity contribution in [3.05, 3.63) is 77.9 Å². The first kappa shape index (κ1) is 25.0. The highest BCUT2D eigenvalue weighted by atomic mass is 16.5. The quantitative estimate of drug-likeness (QED) is 0.558. The summed E-state index contributed by atoms with van der Waals surface area (Å²) in [6.07, 6.45) is 4.70. The Kier molecular flexibility index (Phi) is 7.82. The summed E-state index contributed by atoms with van der Waals surface area (Å²) in [6, 6.07) is 15.5. The van der Waals surface area contributed by atoms with Crippen molar-refractivity contribution in [3.63, 3.8) is 0 Å². The third-order valence-electron chi connectivity index (χ3n) is 6.83. The molecule has 9 heteroatoms. The molecule has 9 nitrogen and oxygen atoms in total. The van der Waals surface area contributed by atoms with Crippen LogP contribution < -0.4 is 15.4 Å². The van der Waals surface area contributed by atoms with Crippen LogP contribution in [0.1, 0.15) is 29.7 Å². The summed E-state index contributed by atoms with van der Waals surface area (Å²) in [6.45, 7) is 2.80. The molecule has 2 amide bonds. The predicted octanol–water partition coefficient (Wildman–Crippen LogP) is 2.55. The number of imidazole rings is 1.